The zero-order valence-corrected chi connectivity index (χ0v) is 15.0. The van der Waals surface area contributed by atoms with Crippen LogP contribution in [0.15, 0.2) is 18.5 Å². The van der Waals surface area contributed by atoms with E-state index >= 15 is 0 Å². The highest BCUT2D eigenvalue weighted by atomic mass is 16.2. The van der Waals surface area contributed by atoms with Gasteiger partial charge < -0.3 is 15.5 Å². The average Bonchev–Trinajstić information content (AvgIpc) is 3.30. The number of carbonyl (C=O) groups excluding carboxylic acids is 1. The van der Waals surface area contributed by atoms with Crippen LogP contribution in [0, 0.1) is 0 Å². The number of anilines is 2. The van der Waals surface area contributed by atoms with Crippen LogP contribution in [0.1, 0.15) is 30.5 Å². The Labute approximate surface area is 153 Å². The number of nitrogens with two attached hydrogens (primary N) is 1. The first-order chi connectivity index (χ1) is 12.7. The van der Waals surface area contributed by atoms with E-state index in [-0.39, 0.29) is 5.91 Å². The SMILES string of the molecule is Nc1nc2c(c(N3CCCC3)n1)CCN(C(=O)CCn1cccn1)CC2. The van der Waals surface area contributed by atoms with E-state index in [9.17, 15) is 4.79 Å². The number of aromatic nitrogens is 4. The van der Waals surface area contributed by atoms with E-state index in [1.54, 1.807) is 10.9 Å². The number of fused-ring (bicyclic) bond motifs is 1. The highest BCUT2D eigenvalue weighted by Crippen LogP contribution is 2.28. The van der Waals surface area contributed by atoms with Crippen LogP contribution in [0.5, 0.6) is 0 Å². The van der Waals surface area contributed by atoms with Crippen LogP contribution in [0.3, 0.4) is 0 Å². The standard InChI is InChI=1S/C18H25N7O/c19-18-21-15-5-12-23(16(26)6-13-25-10-3-7-20-25)11-4-14(15)17(22-18)24-8-1-2-9-24/h3,7,10H,1-2,4-6,8-9,11-13H2,(H2,19,21,22). The number of rotatable bonds is 4. The van der Waals surface area contributed by atoms with Gasteiger partial charge in [-0.1, -0.05) is 0 Å². The molecule has 2 aromatic heterocycles. The van der Waals surface area contributed by atoms with Gasteiger partial charge in [-0.05, 0) is 25.3 Å². The summed E-state index contributed by atoms with van der Waals surface area (Å²) in [6, 6.07) is 1.87. The molecule has 26 heavy (non-hydrogen) atoms. The molecular formula is C18H25N7O. The third kappa shape index (κ3) is 3.49. The highest BCUT2D eigenvalue weighted by molar-refractivity contribution is 5.76. The molecule has 1 amide bonds. The summed E-state index contributed by atoms with van der Waals surface area (Å²) in [7, 11) is 0. The summed E-state index contributed by atoms with van der Waals surface area (Å²) in [5.74, 6) is 1.48. The smallest absolute Gasteiger partial charge is 0.224 e. The van der Waals surface area contributed by atoms with Crippen LogP contribution in [0.2, 0.25) is 0 Å². The van der Waals surface area contributed by atoms with Gasteiger partial charge in [0.1, 0.15) is 5.82 Å². The van der Waals surface area contributed by atoms with Gasteiger partial charge in [-0.3, -0.25) is 9.48 Å². The van der Waals surface area contributed by atoms with Gasteiger partial charge in [0, 0.05) is 63.5 Å². The summed E-state index contributed by atoms with van der Waals surface area (Å²) < 4.78 is 1.79. The second-order valence-corrected chi connectivity index (χ2v) is 6.92. The fourth-order valence-electron chi connectivity index (χ4n) is 3.84. The van der Waals surface area contributed by atoms with Crippen molar-refractivity contribution in [2.24, 2.45) is 0 Å². The molecule has 0 aromatic carbocycles. The Morgan fingerprint density at radius 3 is 2.69 bits per heavy atom. The van der Waals surface area contributed by atoms with Crippen molar-refractivity contribution < 1.29 is 4.79 Å². The minimum absolute atomic E-state index is 0.164. The van der Waals surface area contributed by atoms with E-state index < -0.39 is 0 Å². The van der Waals surface area contributed by atoms with Crippen LogP contribution in [0.25, 0.3) is 0 Å². The first-order valence-corrected chi connectivity index (χ1v) is 9.36. The Morgan fingerprint density at radius 1 is 1.12 bits per heavy atom. The van der Waals surface area contributed by atoms with E-state index in [2.05, 4.69) is 20.0 Å². The molecule has 0 saturated carbocycles. The molecule has 0 aliphatic carbocycles. The Morgan fingerprint density at radius 2 is 1.92 bits per heavy atom. The second-order valence-electron chi connectivity index (χ2n) is 6.92. The molecule has 1 fully saturated rings. The average molecular weight is 355 g/mol. The Hall–Kier alpha value is -2.64. The molecule has 2 aliphatic rings. The lowest BCUT2D eigenvalue weighted by Gasteiger charge is -2.22. The summed E-state index contributed by atoms with van der Waals surface area (Å²) >= 11 is 0. The fraction of sp³-hybridized carbons (Fsp3) is 0.556. The van der Waals surface area contributed by atoms with E-state index in [1.807, 2.05) is 17.2 Å². The molecular weight excluding hydrogens is 330 g/mol. The van der Waals surface area contributed by atoms with Crippen molar-refractivity contribution in [1.82, 2.24) is 24.6 Å². The van der Waals surface area contributed by atoms with Crippen molar-refractivity contribution in [2.75, 3.05) is 36.8 Å². The van der Waals surface area contributed by atoms with Gasteiger partial charge in [0.15, 0.2) is 0 Å². The highest BCUT2D eigenvalue weighted by Gasteiger charge is 2.25. The van der Waals surface area contributed by atoms with Crippen LogP contribution in [0.4, 0.5) is 11.8 Å². The summed E-state index contributed by atoms with van der Waals surface area (Å²) in [5, 5.41) is 4.16. The molecule has 0 spiro atoms. The number of amides is 1. The lowest BCUT2D eigenvalue weighted by molar-refractivity contribution is -0.131. The van der Waals surface area contributed by atoms with Gasteiger partial charge in [0.05, 0.1) is 5.69 Å². The second kappa shape index (κ2) is 7.31. The maximum absolute atomic E-state index is 12.6. The maximum Gasteiger partial charge on any atom is 0.224 e. The van der Waals surface area contributed by atoms with E-state index in [0.29, 0.717) is 32.0 Å². The molecule has 0 unspecified atom stereocenters. The quantitative estimate of drug-likeness (QED) is 0.875. The van der Waals surface area contributed by atoms with Crippen molar-refractivity contribution in [1.29, 1.82) is 0 Å². The number of nitrogens with zero attached hydrogens (tertiary/aromatic N) is 6. The normalized spacial score (nSPS) is 17.2. The monoisotopic (exact) mass is 355 g/mol. The van der Waals surface area contributed by atoms with Crippen molar-refractivity contribution in [3.05, 3.63) is 29.7 Å². The number of hydrogen-bond donors (Lipinski definition) is 1. The minimum Gasteiger partial charge on any atom is -0.368 e. The van der Waals surface area contributed by atoms with Gasteiger partial charge in [-0.15, -0.1) is 0 Å². The topological polar surface area (TPSA) is 93.2 Å². The predicted molar refractivity (Wildman–Crippen MR) is 98.7 cm³/mol. The van der Waals surface area contributed by atoms with Gasteiger partial charge in [-0.25, -0.2) is 4.98 Å². The summed E-state index contributed by atoms with van der Waals surface area (Å²) in [6.45, 7) is 4.05. The molecule has 0 bridgehead atoms. The molecule has 2 N–H and O–H groups in total. The van der Waals surface area contributed by atoms with E-state index in [0.717, 1.165) is 37.4 Å². The molecule has 138 valence electrons. The largest absolute Gasteiger partial charge is 0.368 e. The molecule has 1 saturated heterocycles. The fourth-order valence-corrected chi connectivity index (χ4v) is 3.84. The van der Waals surface area contributed by atoms with E-state index in [4.69, 9.17) is 5.73 Å². The number of carbonyl (C=O) groups is 1. The molecule has 8 nitrogen and oxygen atoms in total. The van der Waals surface area contributed by atoms with Crippen LogP contribution >= 0.6 is 0 Å². The van der Waals surface area contributed by atoms with Gasteiger partial charge >= 0.3 is 0 Å². The molecule has 0 radical (unpaired) electrons. The molecule has 2 aliphatic heterocycles. The molecule has 4 heterocycles. The summed E-state index contributed by atoms with van der Waals surface area (Å²) in [5.41, 5.74) is 8.13. The molecule has 0 atom stereocenters. The maximum atomic E-state index is 12.6. The zero-order valence-electron chi connectivity index (χ0n) is 15.0. The van der Waals surface area contributed by atoms with Crippen LogP contribution in [-0.2, 0) is 24.2 Å². The summed E-state index contributed by atoms with van der Waals surface area (Å²) in [4.78, 5) is 25.9. The first-order valence-electron chi connectivity index (χ1n) is 9.36. The third-order valence-corrected chi connectivity index (χ3v) is 5.21. The van der Waals surface area contributed by atoms with Crippen molar-refractivity contribution in [3.63, 3.8) is 0 Å². The van der Waals surface area contributed by atoms with E-state index in [1.165, 1.54) is 18.4 Å². The Bertz CT molecular complexity index is 768. The lowest BCUT2D eigenvalue weighted by Crippen LogP contribution is -2.34. The number of nitrogen functional groups attached to an aromatic ring is 1. The lowest BCUT2D eigenvalue weighted by atomic mass is 10.1. The molecule has 4 rings (SSSR count). The number of aryl methyl sites for hydroxylation is 1. The minimum atomic E-state index is 0.164. The van der Waals surface area contributed by atoms with Crippen LogP contribution < -0.4 is 10.6 Å². The third-order valence-electron chi connectivity index (χ3n) is 5.21. The summed E-state index contributed by atoms with van der Waals surface area (Å²) in [6.07, 6.45) is 7.98. The predicted octanol–water partition coefficient (Wildman–Crippen LogP) is 0.873. The first kappa shape index (κ1) is 16.8. The van der Waals surface area contributed by atoms with Crippen LogP contribution in [-0.4, -0.2) is 56.7 Å². The van der Waals surface area contributed by atoms with Gasteiger partial charge in [-0.2, -0.15) is 10.1 Å². The Kier molecular flexibility index (Phi) is 4.73. The van der Waals surface area contributed by atoms with Gasteiger partial charge in [0.25, 0.3) is 0 Å². The van der Waals surface area contributed by atoms with Crippen molar-refractivity contribution in [3.8, 4) is 0 Å². The van der Waals surface area contributed by atoms with Gasteiger partial charge in [0.2, 0.25) is 11.9 Å². The van der Waals surface area contributed by atoms with Crippen molar-refractivity contribution >= 4 is 17.7 Å². The zero-order chi connectivity index (χ0) is 17.9. The molecule has 2 aromatic rings. The molecule has 8 heteroatoms. The number of hydrogen-bond acceptors (Lipinski definition) is 6. The Balaban J connectivity index is 1.46. The van der Waals surface area contributed by atoms with Crippen molar-refractivity contribution in [2.45, 2.75) is 38.6 Å².